The van der Waals surface area contributed by atoms with Crippen molar-refractivity contribution >= 4 is 50.7 Å². The number of hydrogen-bond donors (Lipinski definition) is 2. The second-order valence-electron chi connectivity index (χ2n) is 9.13. The van der Waals surface area contributed by atoms with E-state index < -0.39 is 0 Å². The molecule has 7 nitrogen and oxygen atoms in total. The maximum absolute atomic E-state index is 13.5. The molecule has 0 spiro atoms. The number of ether oxygens (including phenoxy) is 1. The van der Waals surface area contributed by atoms with Gasteiger partial charge in [-0.05, 0) is 29.8 Å². The summed E-state index contributed by atoms with van der Waals surface area (Å²) in [5.74, 6) is 0.272. The lowest BCUT2D eigenvalue weighted by Crippen LogP contribution is -2.53. The molecule has 2 aromatic carbocycles. The summed E-state index contributed by atoms with van der Waals surface area (Å²) in [4.78, 5) is 25.7. The lowest BCUT2D eigenvalue weighted by atomic mass is 9.99. The van der Waals surface area contributed by atoms with E-state index >= 15 is 0 Å². The molecule has 0 saturated carbocycles. The molecule has 4 aromatic rings. The lowest BCUT2D eigenvalue weighted by Gasteiger charge is -2.36. The fraction of sp³-hybridized carbons (Fsp3) is 0.308. The highest BCUT2D eigenvalue weighted by Gasteiger charge is 2.34. The normalized spacial score (nSPS) is 20.7. The van der Waals surface area contributed by atoms with Crippen molar-refractivity contribution in [3.05, 3.63) is 65.4 Å². The molecule has 2 atom stereocenters. The van der Waals surface area contributed by atoms with E-state index in [0.717, 1.165) is 41.4 Å². The highest BCUT2D eigenvalue weighted by molar-refractivity contribution is 6.33. The molecule has 6 rings (SSSR count). The van der Waals surface area contributed by atoms with E-state index in [1.165, 1.54) is 11.3 Å². The number of H-pyrrole nitrogens is 1. The molecule has 2 N–H and O–H groups in total. The number of benzene rings is 2. The van der Waals surface area contributed by atoms with Crippen LogP contribution in [0.3, 0.4) is 0 Å². The number of carbonyl (C=O) groups excluding carboxylic acids is 1. The van der Waals surface area contributed by atoms with Gasteiger partial charge in [-0.2, -0.15) is 0 Å². The molecule has 8 heteroatoms. The van der Waals surface area contributed by atoms with E-state index in [9.17, 15) is 4.79 Å². The van der Waals surface area contributed by atoms with Crippen LogP contribution in [0.15, 0.2) is 54.9 Å². The van der Waals surface area contributed by atoms with E-state index in [2.05, 4.69) is 56.4 Å². The Morgan fingerprint density at radius 1 is 1.26 bits per heavy atom. The summed E-state index contributed by atoms with van der Waals surface area (Å²) in [5, 5.41) is 5.69. The van der Waals surface area contributed by atoms with Crippen LogP contribution in [0.5, 0.6) is 0 Å². The minimum Gasteiger partial charge on any atom is -0.378 e. The molecule has 174 valence electrons. The molecule has 2 aromatic heterocycles. The van der Waals surface area contributed by atoms with Crippen molar-refractivity contribution in [1.29, 1.82) is 0 Å². The van der Waals surface area contributed by atoms with E-state index in [-0.39, 0.29) is 11.9 Å². The number of carbonyl (C=O) groups is 1. The van der Waals surface area contributed by atoms with Crippen LogP contribution < -0.4 is 10.2 Å². The number of nitrogens with zero attached hydrogens (tertiary/aromatic N) is 3. The van der Waals surface area contributed by atoms with Crippen LogP contribution >= 0.6 is 11.6 Å². The van der Waals surface area contributed by atoms with Crippen molar-refractivity contribution < 1.29 is 9.53 Å². The largest absolute Gasteiger partial charge is 0.378 e. The molecule has 1 unspecified atom stereocenters. The van der Waals surface area contributed by atoms with Crippen molar-refractivity contribution in [2.24, 2.45) is 0 Å². The predicted octanol–water partition coefficient (Wildman–Crippen LogP) is 4.24. The van der Waals surface area contributed by atoms with Crippen molar-refractivity contribution in [2.75, 3.05) is 50.1 Å². The standard InChI is InChI=1S/C26H26ClN5O2/c1-31-13-16(18-4-2-3-5-23(18)31)14-32-8-9-34-15-24(32)26(33)30-21-11-17(27)10-20-19-6-7-28-12-22(19)29-25(20)21/h2-7,10-12,16,24,29H,8-9,13-15H2,1H3,(H,30,33)/t16?,24-/m0/s1. The van der Waals surface area contributed by atoms with Gasteiger partial charge in [0.15, 0.2) is 0 Å². The first-order chi connectivity index (χ1) is 16.6. The number of anilines is 2. The summed E-state index contributed by atoms with van der Waals surface area (Å²) >= 11 is 6.43. The van der Waals surface area contributed by atoms with Gasteiger partial charge in [0.25, 0.3) is 0 Å². The number of nitrogens with one attached hydrogen (secondary N) is 2. The van der Waals surface area contributed by atoms with E-state index in [1.807, 2.05) is 12.1 Å². The first kappa shape index (κ1) is 21.4. The third-order valence-electron chi connectivity index (χ3n) is 7.01. The molecular weight excluding hydrogens is 450 g/mol. The number of para-hydroxylation sites is 1. The Morgan fingerprint density at radius 2 is 2.15 bits per heavy atom. The maximum Gasteiger partial charge on any atom is 0.244 e. The Balaban J connectivity index is 1.27. The van der Waals surface area contributed by atoms with Crippen molar-refractivity contribution in [3.8, 4) is 0 Å². The number of hydrogen-bond acceptors (Lipinski definition) is 5. The highest BCUT2D eigenvalue weighted by Crippen LogP contribution is 2.36. The average Bonchev–Trinajstić information content (AvgIpc) is 3.37. The Morgan fingerprint density at radius 3 is 3.06 bits per heavy atom. The van der Waals surface area contributed by atoms with Crippen LogP contribution in [0.25, 0.3) is 21.8 Å². The van der Waals surface area contributed by atoms with E-state index in [0.29, 0.717) is 29.8 Å². The van der Waals surface area contributed by atoms with E-state index in [1.54, 1.807) is 18.5 Å². The highest BCUT2D eigenvalue weighted by atomic mass is 35.5. The van der Waals surface area contributed by atoms with Crippen molar-refractivity contribution in [3.63, 3.8) is 0 Å². The second-order valence-corrected chi connectivity index (χ2v) is 9.57. The zero-order valence-electron chi connectivity index (χ0n) is 18.9. The smallest absolute Gasteiger partial charge is 0.244 e. The Labute approximate surface area is 202 Å². The fourth-order valence-electron chi connectivity index (χ4n) is 5.38. The molecule has 4 heterocycles. The summed E-state index contributed by atoms with van der Waals surface area (Å²) in [6.07, 6.45) is 3.53. The fourth-order valence-corrected chi connectivity index (χ4v) is 5.60. The summed E-state index contributed by atoms with van der Waals surface area (Å²) in [5.41, 5.74) is 5.03. The van der Waals surface area contributed by atoms with Crippen LogP contribution in [0.2, 0.25) is 5.02 Å². The lowest BCUT2D eigenvalue weighted by molar-refractivity contribution is -0.127. The molecule has 0 aliphatic carbocycles. The van der Waals surface area contributed by atoms with Gasteiger partial charge in [0.2, 0.25) is 5.91 Å². The Bertz CT molecular complexity index is 1390. The minimum absolute atomic E-state index is 0.0836. The number of rotatable bonds is 4. The van der Waals surface area contributed by atoms with Crippen molar-refractivity contribution in [2.45, 2.75) is 12.0 Å². The third kappa shape index (κ3) is 3.70. The zero-order chi connectivity index (χ0) is 23.2. The minimum atomic E-state index is -0.369. The van der Waals surface area contributed by atoms with Gasteiger partial charge in [-0.3, -0.25) is 14.7 Å². The molecule has 1 amide bonds. The maximum atomic E-state index is 13.5. The Hall–Kier alpha value is -3.13. The van der Waals surface area contributed by atoms with Gasteiger partial charge in [0, 0.05) is 60.3 Å². The van der Waals surface area contributed by atoms with Crippen molar-refractivity contribution in [1.82, 2.24) is 14.9 Å². The summed E-state index contributed by atoms with van der Waals surface area (Å²) in [7, 11) is 2.13. The Kier molecular flexibility index (Phi) is 5.40. The predicted molar refractivity (Wildman–Crippen MR) is 136 cm³/mol. The molecule has 1 saturated heterocycles. The van der Waals surface area contributed by atoms with Gasteiger partial charge in [-0.1, -0.05) is 29.8 Å². The molecule has 1 fully saturated rings. The molecular formula is C26H26ClN5O2. The number of likely N-dealkylation sites (N-methyl/N-ethyl adjacent to an activating group) is 1. The summed E-state index contributed by atoms with van der Waals surface area (Å²) < 4.78 is 5.73. The number of pyridine rings is 1. The van der Waals surface area contributed by atoms with Gasteiger partial charge in [0.05, 0.1) is 36.1 Å². The van der Waals surface area contributed by atoms with Gasteiger partial charge >= 0.3 is 0 Å². The van der Waals surface area contributed by atoms with Crippen LogP contribution in [0.4, 0.5) is 11.4 Å². The van der Waals surface area contributed by atoms with Crippen LogP contribution in [-0.2, 0) is 9.53 Å². The quantitative estimate of drug-likeness (QED) is 0.462. The molecule has 0 bridgehead atoms. The van der Waals surface area contributed by atoms with Crippen LogP contribution in [-0.4, -0.2) is 66.7 Å². The summed E-state index contributed by atoms with van der Waals surface area (Å²) in [6.45, 7) is 3.49. The number of fused-ring (bicyclic) bond motifs is 4. The van der Waals surface area contributed by atoms with Crippen LogP contribution in [0.1, 0.15) is 11.5 Å². The van der Waals surface area contributed by atoms with Gasteiger partial charge in [-0.25, -0.2) is 0 Å². The zero-order valence-corrected chi connectivity index (χ0v) is 19.7. The summed E-state index contributed by atoms with van der Waals surface area (Å²) in [6, 6.07) is 13.8. The van der Waals surface area contributed by atoms with Gasteiger partial charge in [-0.15, -0.1) is 0 Å². The number of morpholine rings is 1. The molecule has 34 heavy (non-hydrogen) atoms. The number of aromatic nitrogens is 2. The van der Waals surface area contributed by atoms with E-state index in [4.69, 9.17) is 16.3 Å². The topological polar surface area (TPSA) is 73.5 Å². The first-order valence-electron chi connectivity index (χ1n) is 11.6. The molecule has 2 aliphatic rings. The van der Waals surface area contributed by atoms with Crippen LogP contribution in [0, 0.1) is 0 Å². The molecule has 2 aliphatic heterocycles. The third-order valence-corrected chi connectivity index (χ3v) is 7.23. The van der Waals surface area contributed by atoms with Gasteiger partial charge in [0.1, 0.15) is 6.04 Å². The van der Waals surface area contributed by atoms with Gasteiger partial charge < -0.3 is 19.9 Å². The SMILES string of the molecule is CN1CC(CN2CCOC[C@H]2C(=O)Nc2cc(Cl)cc3c2[nH]c2cnccc23)c2ccccc21. The first-order valence-corrected chi connectivity index (χ1v) is 11.9. The number of amides is 1. The monoisotopic (exact) mass is 475 g/mol. The second kappa shape index (κ2) is 8.58. The number of halogens is 1. The average molecular weight is 476 g/mol. The molecule has 0 radical (unpaired) electrons. The number of aromatic amines is 1.